The normalized spacial score (nSPS) is 31.2. The van der Waals surface area contributed by atoms with Crippen LogP contribution in [0.15, 0.2) is 11.6 Å². The van der Waals surface area contributed by atoms with Gasteiger partial charge in [-0.2, -0.15) is 0 Å². The number of allylic oxidation sites excluding steroid dienone is 2. The van der Waals surface area contributed by atoms with Crippen molar-refractivity contribution >= 4 is 6.09 Å². The molecule has 2 rings (SSSR count). The highest BCUT2D eigenvalue weighted by Gasteiger charge is 2.49. The predicted octanol–water partition coefficient (Wildman–Crippen LogP) is 4.92. The topological polar surface area (TPSA) is 38.3 Å². The number of ether oxygens (including phenoxy) is 1. The molecular formula is C19H33NO2. The molecule has 0 aromatic rings. The average Bonchev–Trinajstić information content (AvgIpc) is 2.93. The average molecular weight is 307 g/mol. The van der Waals surface area contributed by atoms with E-state index in [4.69, 9.17) is 4.74 Å². The lowest BCUT2D eigenvalue weighted by Gasteiger charge is -2.24. The van der Waals surface area contributed by atoms with Crippen LogP contribution in [0, 0.1) is 23.2 Å². The molecule has 3 unspecified atom stereocenters. The molecule has 0 bridgehead atoms. The quantitative estimate of drug-likeness (QED) is 0.735. The molecule has 126 valence electrons. The first-order valence-electron chi connectivity index (χ1n) is 8.72. The summed E-state index contributed by atoms with van der Waals surface area (Å²) in [6.07, 6.45) is 7.06. The van der Waals surface area contributed by atoms with Gasteiger partial charge in [-0.1, -0.05) is 32.4 Å². The third-order valence-electron chi connectivity index (χ3n) is 4.99. The Labute approximate surface area is 135 Å². The molecule has 0 spiro atoms. The Morgan fingerprint density at radius 3 is 2.41 bits per heavy atom. The van der Waals surface area contributed by atoms with Crippen LogP contribution in [0.2, 0.25) is 0 Å². The van der Waals surface area contributed by atoms with Crippen molar-refractivity contribution < 1.29 is 9.53 Å². The van der Waals surface area contributed by atoms with E-state index in [9.17, 15) is 4.79 Å². The second-order valence-corrected chi connectivity index (χ2v) is 9.06. The molecule has 0 aliphatic heterocycles. The number of carbonyl (C=O) groups is 1. The Balaban J connectivity index is 1.79. The zero-order valence-corrected chi connectivity index (χ0v) is 15.2. The van der Waals surface area contributed by atoms with E-state index in [0.717, 1.165) is 11.8 Å². The lowest BCUT2D eigenvalue weighted by Crippen LogP contribution is -2.41. The van der Waals surface area contributed by atoms with E-state index in [1.54, 1.807) is 5.57 Å². The van der Waals surface area contributed by atoms with Gasteiger partial charge in [0.25, 0.3) is 0 Å². The summed E-state index contributed by atoms with van der Waals surface area (Å²) < 4.78 is 5.44. The molecule has 0 aromatic heterocycles. The summed E-state index contributed by atoms with van der Waals surface area (Å²) in [6, 6.07) is 0. The zero-order chi connectivity index (χ0) is 16.5. The summed E-state index contributed by atoms with van der Waals surface area (Å²) in [5, 5.41) is 2.86. The summed E-state index contributed by atoms with van der Waals surface area (Å²) >= 11 is 0. The Morgan fingerprint density at radius 1 is 1.18 bits per heavy atom. The molecule has 3 nitrogen and oxygen atoms in total. The van der Waals surface area contributed by atoms with Crippen LogP contribution in [0.25, 0.3) is 0 Å². The Bertz CT molecular complexity index is 439. The molecular weight excluding hydrogens is 274 g/mol. The SMILES string of the molecule is CC(C)(C)NC(=O)OCC1C2CC/C=C(/C(C)(C)C)CCC21. The van der Waals surface area contributed by atoms with Crippen LogP contribution in [-0.4, -0.2) is 18.2 Å². The number of amides is 1. The second-order valence-electron chi connectivity index (χ2n) is 9.06. The van der Waals surface area contributed by atoms with E-state index >= 15 is 0 Å². The summed E-state index contributed by atoms with van der Waals surface area (Å²) in [4.78, 5) is 11.8. The van der Waals surface area contributed by atoms with Gasteiger partial charge in [0.2, 0.25) is 0 Å². The molecule has 2 aliphatic rings. The highest BCUT2D eigenvalue weighted by molar-refractivity contribution is 5.68. The minimum Gasteiger partial charge on any atom is -0.449 e. The summed E-state index contributed by atoms with van der Waals surface area (Å²) in [6.45, 7) is 13.4. The smallest absolute Gasteiger partial charge is 0.407 e. The Morgan fingerprint density at radius 2 is 1.82 bits per heavy atom. The maximum absolute atomic E-state index is 11.8. The van der Waals surface area contributed by atoms with Crippen LogP contribution in [0.4, 0.5) is 4.79 Å². The minimum absolute atomic E-state index is 0.228. The molecule has 1 N–H and O–H groups in total. The maximum Gasteiger partial charge on any atom is 0.407 e. The van der Waals surface area contributed by atoms with Gasteiger partial charge in [0.15, 0.2) is 0 Å². The Hall–Kier alpha value is -0.990. The van der Waals surface area contributed by atoms with Gasteiger partial charge in [0, 0.05) is 5.54 Å². The van der Waals surface area contributed by atoms with Gasteiger partial charge in [-0.15, -0.1) is 0 Å². The van der Waals surface area contributed by atoms with Crippen molar-refractivity contribution in [1.29, 1.82) is 0 Å². The molecule has 3 atom stereocenters. The molecule has 3 heteroatoms. The first kappa shape index (κ1) is 17.4. The third-order valence-corrected chi connectivity index (χ3v) is 4.99. The van der Waals surface area contributed by atoms with E-state index in [2.05, 4.69) is 32.2 Å². The van der Waals surface area contributed by atoms with Crippen LogP contribution in [0.1, 0.15) is 67.2 Å². The second kappa shape index (κ2) is 6.25. The van der Waals surface area contributed by atoms with Crippen LogP contribution in [0.3, 0.4) is 0 Å². The first-order chi connectivity index (χ1) is 10.1. The number of hydrogen-bond donors (Lipinski definition) is 1. The fourth-order valence-electron chi connectivity index (χ4n) is 3.70. The molecule has 2 aliphatic carbocycles. The van der Waals surface area contributed by atoms with Gasteiger partial charge in [0.1, 0.15) is 0 Å². The lowest BCUT2D eigenvalue weighted by molar-refractivity contribution is 0.129. The molecule has 0 aromatic carbocycles. The van der Waals surface area contributed by atoms with Crippen molar-refractivity contribution in [3.05, 3.63) is 11.6 Å². The van der Waals surface area contributed by atoms with Gasteiger partial charge in [0.05, 0.1) is 6.61 Å². The van der Waals surface area contributed by atoms with E-state index in [0.29, 0.717) is 17.9 Å². The minimum atomic E-state index is -0.278. The van der Waals surface area contributed by atoms with Gasteiger partial charge >= 0.3 is 6.09 Å². The number of nitrogens with one attached hydrogen (secondary N) is 1. The van der Waals surface area contributed by atoms with Crippen molar-refractivity contribution in [3.63, 3.8) is 0 Å². The summed E-state index contributed by atoms with van der Waals surface area (Å²) in [5.41, 5.74) is 1.66. The van der Waals surface area contributed by atoms with Gasteiger partial charge in [-0.3, -0.25) is 0 Å². The monoisotopic (exact) mass is 307 g/mol. The van der Waals surface area contributed by atoms with Gasteiger partial charge in [-0.05, 0) is 69.6 Å². The summed E-state index contributed by atoms with van der Waals surface area (Å²) in [7, 11) is 0. The highest BCUT2D eigenvalue weighted by Crippen LogP contribution is 2.54. The molecule has 0 radical (unpaired) electrons. The molecule has 1 saturated carbocycles. The lowest BCUT2D eigenvalue weighted by atomic mass is 9.81. The van der Waals surface area contributed by atoms with Crippen molar-refractivity contribution in [2.24, 2.45) is 23.2 Å². The predicted molar refractivity (Wildman–Crippen MR) is 90.7 cm³/mol. The van der Waals surface area contributed by atoms with E-state index in [-0.39, 0.29) is 11.6 Å². The standard InChI is InChI=1S/C19H33NO2/c1-18(2,3)13-8-7-9-14-15(11-10-13)16(14)12-22-17(21)20-19(4,5)6/h8,14-16H,7,9-12H2,1-6H3,(H,20,21)/b13-8+. The molecule has 0 saturated heterocycles. The summed E-state index contributed by atoms with van der Waals surface area (Å²) in [5.74, 6) is 2.10. The van der Waals surface area contributed by atoms with E-state index in [1.807, 2.05) is 20.8 Å². The van der Waals surface area contributed by atoms with Crippen molar-refractivity contribution in [3.8, 4) is 0 Å². The van der Waals surface area contributed by atoms with Crippen molar-refractivity contribution in [2.75, 3.05) is 6.61 Å². The Kier molecular flexibility index (Phi) is 4.93. The third kappa shape index (κ3) is 4.76. The van der Waals surface area contributed by atoms with Crippen LogP contribution in [-0.2, 0) is 4.74 Å². The highest BCUT2D eigenvalue weighted by atomic mass is 16.5. The first-order valence-corrected chi connectivity index (χ1v) is 8.72. The molecule has 0 heterocycles. The van der Waals surface area contributed by atoms with E-state index in [1.165, 1.54) is 25.7 Å². The number of hydrogen-bond acceptors (Lipinski definition) is 2. The molecule has 1 amide bonds. The van der Waals surface area contributed by atoms with Gasteiger partial charge < -0.3 is 10.1 Å². The van der Waals surface area contributed by atoms with Crippen LogP contribution >= 0.6 is 0 Å². The molecule has 1 fully saturated rings. The van der Waals surface area contributed by atoms with Crippen molar-refractivity contribution in [2.45, 2.75) is 72.8 Å². The molecule has 22 heavy (non-hydrogen) atoms. The fraction of sp³-hybridized carbons (Fsp3) is 0.842. The van der Waals surface area contributed by atoms with Crippen LogP contribution < -0.4 is 5.32 Å². The van der Waals surface area contributed by atoms with Crippen LogP contribution in [0.5, 0.6) is 0 Å². The largest absolute Gasteiger partial charge is 0.449 e. The number of rotatable bonds is 2. The zero-order valence-electron chi connectivity index (χ0n) is 15.2. The maximum atomic E-state index is 11.8. The fourth-order valence-corrected chi connectivity index (χ4v) is 3.70. The van der Waals surface area contributed by atoms with Crippen molar-refractivity contribution in [1.82, 2.24) is 5.32 Å². The van der Waals surface area contributed by atoms with E-state index < -0.39 is 0 Å². The van der Waals surface area contributed by atoms with Gasteiger partial charge in [-0.25, -0.2) is 4.79 Å². The number of carbonyl (C=O) groups excluding carboxylic acids is 1. The number of alkyl carbamates (subject to hydrolysis) is 1. The number of fused-ring (bicyclic) bond motifs is 1.